The van der Waals surface area contributed by atoms with Gasteiger partial charge < -0.3 is 10.2 Å². The zero-order chi connectivity index (χ0) is 26.3. The smallest absolute Gasteiger partial charge is 0.244 e. The van der Waals surface area contributed by atoms with Gasteiger partial charge >= 0.3 is 0 Å². The molecule has 0 saturated heterocycles. The predicted octanol–water partition coefficient (Wildman–Crippen LogP) is 5.40. The van der Waals surface area contributed by atoms with E-state index in [1.54, 1.807) is 19.1 Å². The molecule has 2 amide bonds. The zero-order valence-electron chi connectivity index (χ0n) is 19.5. The van der Waals surface area contributed by atoms with Gasteiger partial charge in [0.15, 0.2) is 0 Å². The molecule has 12 heteroatoms. The van der Waals surface area contributed by atoms with E-state index >= 15 is 0 Å². The van der Waals surface area contributed by atoms with E-state index < -0.39 is 28.5 Å². The first-order valence-electron chi connectivity index (χ1n) is 10.8. The summed E-state index contributed by atoms with van der Waals surface area (Å²) >= 11 is 24.6. The number of benzene rings is 2. The average Bonchev–Trinajstić information content (AvgIpc) is 2.78. The van der Waals surface area contributed by atoms with E-state index in [2.05, 4.69) is 5.32 Å². The predicted molar refractivity (Wildman–Crippen MR) is 143 cm³/mol. The van der Waals surface area contributed by atoms with Crippen molar-refractivity contribution in [2.45, 2.75) is 39.3 Å². The van der Waals surface area contributed by atoms with E-state index in [0.29, 0.717) is 22.2 Å². The largest absolute Gasteiger partial charge is 0.354 e. The maximum absolute atomic E-state index is 13.5. The molecule has 0 saturated carbocycles. The van der Waals surface area contributed by atoms with Gasteiger partial charge in [-0.15, -0.1) is 0 Å². The van der Waals surface area contributed by atoms with Crippen LogP contribution in [0.15, 0.2) is 36.4 Å². The number of nitrogens with one attached hydrogen (secondary N) is 1. The molecule has 0 aliphatic rings. The summed E-state index contributed by atoms with van der Waals surface area (Å²) in [6.07, 6.45) is 2.63. The Morgan fingerprint density at radius 3 is 2.34 bits per heavy atom. The molecule has 0 aliphatic carbocycles. The molecule has 2 aromatic rings. The monoisotopic (exact) mass is 581 g/mol. The fraction of sp³-hybridized carbons (Fsp3) is 0.391. The van der Waals surface area contributed by atoms with Gasteiger partial charge in [0.25, 0.3) is 0 Å². The third kappa shape index (κ3) is 8.15. The van der Waals surface area contributed by atoms with Crippen LogP contribution in [0.2, 0.25) is 20.1 Å². The molecule has 0 fully saturated rings. The van der Waals surface area contributed by atoms with Crippen LogP contribution in [0.25, 0.3) is 0 Å². The van der Waals surface area contributed by atoms with Crippen molar-refractivity contribution in [3.8, 4) is 0 Å². The van der Waals surface area contributed by atoms with Gasteiger partial charge in [-0.25, -0.2) is 8.42 Å². The molecule has 0 aliphatic heterocycles. The van der Waals surface area contributed by atoms with Crippen molar-refractivity contribution in [2.24, 2.45) is 0 Å². The Morgan fingerprint density at radius 1 is 1.06 bits per heavy atom. The van der Waals surface area contributed by atoms with Crippen LogP contribution < -0.4 is 9.62 Å². The summed E-state index contributed by atoms with van der Waals surface area (Å²) in [4.78, 5) is 27.6. The van der Waals surface area contributed by atoms with Crippen molar-refractivity contribution in [3.63, 3.8) is 0 Å². The first-order valence-corrected chi connectivity index (χ1v) is 14.2. The first kappa shape index (κ1) is 29.5. The van der Waals surface area contributed by atoms with Crippen molar-refractivity contribution in [3.05, 3.63) is 62.1 Å². The Hall–Kier alpha value is -1.71. The summed E-state index contributed by atoms with van der Waals surface area (Å²) in [7, 11) is -3.94. The highest BCUT2D eigenvalue weighted by molar-refractivity contribution is 7.92. The van der Waals surface area contributed by atoms with E-state index in [1.165, 1.54) is 29.2 Å². The molecule has 0 unspecified atom stereocenters. The Kier molecular flexibility index (Phi) is 11.0. The van der Waals surface area contributed by atoms with Gasteiger partial charge in [-0.05, 0) is 43.2 Å². The Balaban J connectivity index is 2.43. The van der Waals surface area contributed by atoms with E-state index in [0.717, 1.165) is 23.4 Å². The van der Waals surface area contributed by atoms with E-state index in [1.807, 2.05) is 6.92 Å². The normalized spacial score (nSPS) is 12.2. The Labute approximate surface area is 226 Å². The number of rotatable bonds is 11. The molecule has 2 rings (SSSR count). The molecular weight excluding hydrogens is 556 g/mol. The zero-order valence-corrected chi connectivity index (χ0v) is 23.4. The molecule has 0 bridgehead atoms. The van der Waals surface area contributed by atoms with Crippen LogP contribution in [-0.2, 0) is 26.2 Å². The van der Waals surface area contributed by atoms with Crippen molar-refractivity contribution in [1.29, 1.82) is 0 Å². The second-order valence-electron chi connectivity index (χ2n) is 7.92. The number of halogens is 4. The third-order valence-corrected chi connectivity index (χ3v) is 7.75. The summed E-state index contributed by atoms with van der Waals surface area (Å²) in [5.41, 5.74) is 0.601. The van der Waals surface area contributed by atoms with E-state index in [-0.39, 0.29) is 28.2 Å². The van der Waals surface area contributed by atoms with E-state index in [9.17, 15) is 18.0 Å². The summed E-state index contributed by atoms with van der Waals surface area (Å²) < 4.78 is 26.1. The minimum Gasteiger partial charge on any atom is -0.354 e. The minimum absolute atomic E-state index is 0.00922. The van der Waals surface area contributed by atoms with Crippen molar-refractivity contribution in [2.75, 3.05) is 23.7 Å². The van der Waals surface area contributed by atoms with Crippen LogP contribution in [0.3, 0.4) is 0 Å². The summed E-state index contributed by atoms with van der Waals surface area (Å²) in [5.74, 6) is -1.00. The molecule has 0 radical (unpaired) electrons. The quantitative estimate of drug-likeness (QED) is 0.359. The van der Waals surface area contributed by atoms with Gasteiger partial charge in [-0.2, -0.15) is 0 Å². The SMILES string of the molecule is CCCCNC(=O)[C@H](C)N(Cc1ccc(Cl)cc1Cl)C(=O)CN(c1cccc(Cl)c1Cl)S(C)(=O)=O. The lowest BCUT2D eigenvalue weighted by atomic mass is 10.1. The lowest BCUT2D eigenvalue weighted by Crippen LogP contribution is -2.51. The topological polar surface area (TPSA) is 86.8 Å². The van der Waals surface area contributed by atoms with Gasteiger partial charge in [0.05, 0.1) is 22.0 Å². The van der Waals surface area contributed by atoms with Crippen molar-refractivity contribution < 1.29 is 18.0 Å². The molecule has 35 heavy (non-hydrogen) atoms. The Morgan fingerprint density at radius 2 is 1.74 bits per heavy atom. The van der Waals surface area contributed by atoms with Gasteiger partial charge in [0, 0.05) is 23.1 Å². The highest BCUT2D eigenvalue weighted by atomic mass is 35.5. The number of amides is 2. The number of carbonyl (C=O) groups is 2. The van der Waals surface area contributed by atoms with Gasteiger partial charge in [-0.3, -0.25) is 13.9 Å². The van der Waals surface area contributed by atoms with Crippen LogP contribution >= 0.6 is 46.4 Å². The van der Waals surface area contributed by atoms with Gasteiger partial charge in [0.1, 0.15) is 12.6 Å². The second-order valence-corrected chi connectivity index (χ2v) is 11.5. The van der Waals surface area contributed by atoms with Crippen LogP contribution in [0.5, 0.6) is 0 Å². The third-order valence-electron chi connectivity index (χ3n) is 5.23. The number of nitrogens with zero attached hydrogens (tertiary/aromatic N) is 2. The number of hydrogen-bond acceptors (Lipinski definition) is 4. The highest BCUT2D eigenvalue weighted by Crippen LogP contribution is 2.34. The van der Waals surface area contributed by atoms with Crippen LogP contribution in [0.4, 0.5) is 5.69 Å². The molecular formula is C23H27Cl4N3O4S. The standard InChI is InChI=1S/C23H27Cl4N3O4S/c1-4-5-11-28-23(32)15(2)29(13-16-9-10-17(24)12-19(16)26)21(31)14-30(35(3,33)34)20-8-6-7-18(25)22(20)27/h6-10,12,15H,4-5,11,13-14H2,1-3H3,(H,28,32)/t15-/m0/s1. The number of unbranched alkanes of at least 4 members (excludes halogenated alkanes) is 1. The fourth-order valence-electron chi connectivity index (χ4n) is 3.23. The fourth-order valence-corrected chi connectivity index (χ4v) is 5.00. The van der Waals surface area contributed by atoms with Crippen LogP contribution in [-0.4, -0.2) is 50.5 Å². The summed E-state index contributed by atoms with van der Waals surface area (Å²) in [5, 5.41) is 3.66. The lowest BCUT2D eigenvalue weighted by Gasteiger charge is -2.32. The lowest BCUT2D eigenvalue weighted by molar-refractivity contribution is -0.139. The molecule has 0 aromatic heterocycles. The maximum Gasteiger partial charge on any atom is 0.244 e. The molecule has 7 nitrogen and oxygen atoms in total. The minimum atomic E-state index is -3.94. The number of hydrogen-bond donors (Lipinski definition) is 1. The van der Waals surface area contributed by atoms with Crippen molar-refractivity contribution >= 4 is 73.9 Å². The summed E-state index contributed by atoms with van der Waals surface area (Å²) in [6.45, 7) is 3.38. The molecule has 1 N–H and O–H groups in total. The molecule has 2 aromatic carbocycles. The maximum atomic E-state index is 13.5. The Bertz CT molecular complexity index is 1180. The van der Waals surface area contributed by atoms with Crippen LogP contribution in [0, 0.1) is 0 Å². The molecule has 192 valence electrons. The number of carbonyl (C=O) groups excluding carboxylic acids is 2. The van der Waals surface area contributed by atoms with Crippen molar-refractivity contribution in [1.82, 2.24) is 10.2 Å². The molecule has 0 heterocycles. The van der Waals surface area contributed by atoms with E-state index in [4.69, 9.17) is 46.4 Å². The average molecular weight is 583 g/mol. The highest BCUT2D eigenvalue weighted by Gasteiger charge is 2.31. The van der Waals surface area contributed by atoms with Gasteiger partial charge in [-0.1, -0.05) is 71.9 Å². The summed E-state index contributed by atoms with van der Waals surface area (Å²) in [6, 6.07) is 8.36. The first-order chi connectivity index (χ1) is 16.4. The second kappa shape index (κ2) is 13.0. The van der Waals surface area contributed by atoms with Crippen LogP contribution in [0.1, 0.15) is 32.3 Å². The van der Waals surface area contributed by atoms with Gasteiger partial charge in [0.2, 0.25) is 21.8 Å². The number of anilines is 1. The molecule has 1 atom stereocenters. The number of sulfonamides is 1. The molecule has 0 spiro atoms.